The fourth-order valence-electron chi connectivity index (χ4n) is 2.11. The molecule has 0 saturated carbocycles. The second-order valence-electron chi connectivity index (χ2n) is 5.94. The summed E-state index contributed by atoms with van der Waals surface area (Å²) in [5.74, 6) is 1.82. The number of nitrogens with one attached hydrogen (secondary N) is 2. The molecule has 0 aliphatic carbocycles. The van der Waals surface area contributed by atoms with Gasteiger partial charge in [0.1, 0.15) is 5.82 Å². The van der Waals surface area contributed by atoms with Crippen LogP contribution in [0.5, 0.6) is 0 Å². The first-order chi connectivity index (χ1) is 10.5. The molecule has 0 heterocycles. The predicted octanol–water partition coefficient (Wildman–Crippen LogP) is 3.41. The van der Waals surface area contributed by atoms with E-state index in [1.165, 1.54) is 24.3 Å². The highest BCUT2D eigenvalue weighted by molar-refractivity contribution is 7.98. The Morgan fingerprint density at radius 1 is 1.18 bits per heavy atom. The van der Waals surface area contributed by atoms with Gasteiger partial charge >= 0.3 is 0 Å². The quantitative estimate of drug-likeness (QED) is 0.437. The average molecular weight is 325 g/mol. The van der Waals surface area contributed by atoms with Crippen molar-refractivity contribution in [2.45, 2.75) is 32.1 Å². The van der Waals surface area contributed by atoms with Gasteiger partial charge in [0.25, 0.3) is 0 Å². The number of nitrogens with zero attached hydrogens (tertiary/aromatic N) is 1. The summed E-state index contributed by atoms with van der Waals surface area (Å²) in [7, 11) is 1.78. The van der Waals surface area contributed by atoms with E-state index in [9.17, 15) is 4.39 Å². The number of aliphatic imine (C=N–C) groups is 1. The maximum atomic E-state index is 13.0. The van der Waals surface area contributed by atoms with E-state index >= 15 is 0 Å². The van der Waals surface area contributed by atoms with E-state index in [1.54, 1.807) is 7.05 Å². The summed E-state index contributed by atoms with van der Waals surface area (Å²) in [6.07, 6.45) is 4.49. The molecule has 124 valence electrons. The number of benzene rings is 1. The van der Waals surface area contributed by atoms with Crippen LogP contribution in [0.15, 0.2) is 29.3 Å². The summed E-state index contributed by atoms with van der Waals surface area (Å²) in [6.45, 7) is 5.94. The van der Waals surface area contributed by atoms with Crippen molar-refractivity contribution in [3.8, 4) is 0 Å². The zero-order chi connectivity index (χ0) is 16.4. The molecule has 22 heavy (non-hydrogen) atoms. The van der Waals surface area contributed by atoms with Crippen LogP contribution in [0, 0.1) is 5.82 Å². The Morgan fingerprint density at radius 3 is 2.45 bits per heavy atom. The Morgan fingerprint density at radius 2 is 1.86 bits per heavy atom. The minimum absolute atomic E-state index is 0.0931. The second kappa shape index (κ2) is 9.72. The Balaban J connectivity index is 2.42. The highest BCUT2D eigenvalue weighted by atomic mass is 32.2. The van der Waals surface area contributed by atoms with Crippen molar-refractivity contribution in [2.75, 3.05) is 32.1 Å². The molecule has 1 aromatic rings. The number of hydrogen-bond acceptors (Lipinski definition) is 2. The van der Waals surface area contributed by atoms with Crippen molar-refractivity contribution in [1.82, 2.24) is 10.6 Å². The van der Waals surface area contributed by atoms with Crippen LogP contribution in [0.3, 0.4) is 0 Å². The van der Waals surface area contributed by atoms with Crippen molar-refractivity contribution in [2.24, 2.45) is 4.99 Å². The highest BCUT2D eigenvalue weighted by Crippen LogP contribution is 2.22. The summed E-state index contributed by atoms with van der Waals surface area (Å²) in [4.78, 5) is 4.25. The fourth-order valence-corrected chi connectivity index (χ4v) is 2.60. The van der Waals surface area contributed by atoms with Crippen LogP contribution in [-0.2, 0) is 5.41 Å². The standard InChI is InChI=1S/C17H28FN3S/c1-17(2,14-7-9-15(18)10-8-14)13-21-16(19-3)20-11-5-6-12-22-4/h7-10H,5-6,11-13H2,1-4H3,(H2,19,20,21). The van der Waals surface area contributed by atoms with E-state index in [0.717, 1.165) is 31.0 Å². The Kier molecular flexibility index (Phi) is 8.31. The minimum atomic E-state index is -0.199. The van der Waals surface area contributed by atoms with Gasteiger partial charge in [-0.1, -0.05) is 26.0 Å². The lowest BCUT2D eigenvalue weighted by atomic mass is 9.84. The third-order valence-corrected chi connectivity index (χ3v) is 4.31. The molecule has 0 radical (unpaired) electrons. The van der Waals surface area contributed by atoms with Crippen LogP contribution < -0.4 is 10.6 Å². The van der Waals surface area contributed by atoms with E-state index in [-0.39, 0.29) is 11.2 Å². The lowest BCUT2D eigenvalue weighted by Crippen LogP contribution is -2.43. The summed E-state index contributed by atoms with van der Waals surface area (Å²) < 4.78 is 13.0. The zero-order valence-corrected chi connectivity index (χ0v) is 14.9. The van der Waals surface area contributed by atoms with E-state index in [2.05, 4.69) is 35.7 Å². The summed E-state index contributed by atoms with van der Waals surface area (Å²) >= 11 is 1.88. The zero-order valence-electron chi connectivity index (χ0n) is 14.1. The van der Waals surface area contributed by atoms with E-state index in [0.29, 0.717) is 0 Å². The van der Waals surface area contributed by atoms with E-state index in [4.69, 9.17) is 0 Å². The monoisotopic (exact) mass is 325 g/mol. The van der Waals surface area contributed by atoms with Crippen molar-refractivity contribution in [1.29, 1.82) is 0 Å². The van der Waals surface area contributed by atoms with Crippen molar-refractivity contribution >= 4 is 17.7 Å². The molecule has 3 nitrogen and oxygen atoms in total. The molecule has 0 aromatic heterocycles. The molecule has 0 spiro atoms. The van der Waals surface area contributed by atoms with Gasteiger partial charge in [-0.25, -0.2) is 4.39 Å². The fraction of sp³-hybridized carbons (Fsp3) is 0.588. The molecule has 0 amide bonds. The Hall–Kier alpha value is -1.23. The summed E-state index contributed by atoms with van der Waals surface area (Å²) in [5, 5.41) is 6.68. The first-order valence-electron chi connectivity index (χ1n) is 7.69. The maximum absolute atomic E-state index is 13.0. The third-order valence-electron chi connectivity index (χ3n) is 3.61. The topological polar surface area (TPSA) is 36.4 Å². The molecule has 0 atom stereocenters. The largest absolute Gasteiger partial charge is 0.356 e. The van der Waals surface area contributed by atoms with Gasteiger partial charge < -0.3 is 10.6 Å². The average Bonchev–Trinajstić information content (AvgIpc) is 2.50. The SMILES string of the molecule is CN=C(NCCCCSC)NCC(C)(C)c1ccc(F)cc1. The second-order valence-corrected chi connectivity index (χ2v) is 6.93. The molecular weight excluding hydrogens is 297 g/mol. The smallest absolute Gasteiger partial charge is 0.191 e. The molecule has 1 aromatic carbocycles. The lowest BCUT2D eigenvalue weighted by Gasteiger charge is -2.26. The van der Waals surface area contributed by atoms with E-state index < -0.39 is 0 Å². The first kappa shape index (κ1) is 18.8. The summed E-state index contributed by atoms with van der Waals surface area (Å²) in [6, 6.07) is 6.71. The van der Waals surface area contributed by atoms with Gasteiger partial charge in [0.2, 0.25) is 0 Å². The molecular formula is C17H28FN3S. The van der Waals surface area contributed by atoms with Gasteiger partial charge in [0, 0.05) is 25.6 Å². The van der Waals surface area contributed by atoms with Crippen LogP contribution >= 0.6 is 11.8 Å². The van der Waals surface area contributed by atoms with Crippen molar-refractivity contribution in [3.63, 3.8) is 0 Å². The normalized spacial score (nSPS) is 12.3. The van der Waals surface area contributed by atoms with Crippen LogP contribution in [0.1, 0.15) is 32.3 Å². The first-order valence-corrected chi connectivity index (χ1v) is 9.08. The third kappa shape index (κ3) is 6.69. The van der Waals surface area contributed by atoms with Gasteiger partial charge in [-0.05, 0) is 42.5 Å². The molecule has 5 heteroatoms. The number of guanidine groups is 1. The number of halogens is 1. The van der Waals surface area contributed by atoms with Gasteiger partial charge in [0.15, 0.2) is 5.96 Å². The van der Waals surface area contributed by atoms with Crippen LogP contribution in [-0.4, -0.2) is 38.1 Å². The van der Waals surface area contributed by atoms with Crippen LogP contribution in [0.2, 0.25) is 0 Å². The molecule has 0 saturated heterocycles. The number of hydrogen-bond donors (Lipinski definition) is 2. The molecule has 1 rings (SSSR count). The van der Waals surface area contributed by atoms with Gasteiger partial charge in [-0.3, -0.25) is 4.99 Å². The van der Waals surface area contributed by atoms with Crippen molar-refractivity contribution in [3.05, 3.63) is 35.6 Å². The minimum Gasteiger partial charge on any atom is -0.356 e. The Labute approximate surface area is 138 Å². The van der Waals surface area contributed by atoms with Gasteiger partial charge in [-0.2, -0.15) is 11.8 Å². The molecule has 2 N–H and O–H groups in total. The lowest BCUT2D eigenvalue weighted by molar-refractivity contribution is 0.506. The van der Waals surface area contributed by atoms with Crippen LogP contribution in [0.25, 0.3) is 0 Å². The van der Waals surface area contributed by atoms with Crippen molar-refractivity contribution < 1.29 is 4.39 Å². The van der Waals surface area contributed by atoms with Crippen LogP contribution in [0.4, 0.5) is 4.39 Å². The molecule has 0 fully saturated rings. The molecule has 0 bridgehead atoms. The highest BCUT2D eigenvalue weighted by Gasteiger charge is 2.20. The molecule has 0 aliphatic heterocycles. The number of thioether (sulfide) groups is 1. The predicted molar refractivity (Wildman–Crippen MR) is 96.4 cm³/mol. The molecule has 0 aliphatic rings. The maximum Gasteiger partial charge on any atom is 0.191 e. The number of rotatable bonds is 8. The van der Waals surface area contributed by atoms with E-state index in [1.807, 2.05) is 23.9 Å². The van der Waals surface area contributed by atoms with Gasteiger partial charge in [0.05, 0.1) is 0 Å². The summed E-state index contributed by atoms with van der Waals surface area (Å²) in [5.41, 5.74) is 1.02. The number of unbranched alkanes of at least 4 members (excludes halogenated alkanes) is 1. The Bertz CT molecular complexity index is 457. The van der Waals surface area contributed by atoms with Gasteiger partial charge in [-0.15, -0.1) is 0 Å². The molecule has 0 unspecified atom stereocenters.